The van der Waals surface area contributed by atoms with Gasteiger partial charge < -0.3 is 28.7 Å². The highest BCUT2D eigenvalue weighted by Crippen LogP contribution is 2.39. The van der Waals surface area contributed by atoms with Gasteiger partial charge in [0.05, 0.1) is 32.3 Å². The highest BCUT2D eigenvalue weighted by molar-refractivity contribution is 6.13. The number of hydrogen-bond donors (Lipinski definition) is 1. The van der Waals surface area contributed by atoms with Crippen LogP contribution in [0.4, 0.5) is 10.5 Å². The van der Waals surface area contributed by atoms with Crippen LogP contribution in [0, 0.1) is 10.1 Å². The minimum atomic E-state index is -1.16. The largest absolute Gasteiger partial charge is 0.493 e. The van der Waals surface area contributed by atoms with Gasteiger partial charge in [0, 0.05) is 6.07 Å². The van der Waals surface area contributed by atoms with Crippen LogP contribution in [0.3, 0.4) is 0 Å². The van der Waals surface area contributed by atoms with Crippen LogP contribution in [0.25, 0.3) is 6.08 Å². The van der Waals surface area contributed by atoms with E-state index in [4.69, 9.17) is 18.6 Å². The molecular formula is C23H23N3O11. The van der Waals surface area contributed by atoms with Gasteiger partial charge in [0.15, 0.2) is 11.9 Å². The lowest BCUT2D eigenvalue weighted by Crippen LogP contribution is -2.30. The summed E-state index contributed by atoms with van der Waals surface area (Å²) >= 11 is 0. The molecule has 1 aromatic heterocycles. The van der Waals surface area contributed by atoms with Crippen molar-refractivity contribution < 1.29 is 47.5 Å². The van der Waals surface area contributed by atoms with Crippen LogP contribution in [-0.4, -0.2) is 60.6 Å². The first kappa shape index (κ1) is 26.7. The average molecular weight is 517 g/mol. The molecule has 1 atom stereocenters. The molecule has 1 aliphatic rings. The first-order valence-corrected chi connectivity index (χ1v) is 10.8. The Labute approximate surface area is 209 Å². The molecule has 0 unspecified atom stereocenters. The zero-order valence-corrected chi connectivity index (χ0v) is 20.3. The molecule has 0 saturated carbocycles. The first-order valence-electron chi connectivity index (χ1n) is 10.8. The number of rotatable bonds is 10. The number of nitro groups is 1. The number of benzene rings is 1. The number of urea groups is 1. The Morgan fingerprint density at radius 2 is 1.97 bits per heavy atom. The third-order valence-electron chi connectivity index (χ3n) is 5.02. The Bertz CT molecular complexity index is 1280. The van der Waals surface area contributed by atoms with Crippen molar-refractivity contribution >= 4 is 35.6 Å². The van der Waals surface area contributed by atoms with Crippen molar-refractivity contribution in [2.24, 2.45) is 0 Å². The lowest BCUT2D eigenvalue weighted by atomic mass is 10.1. The minimum Gasteiger partial charge on any atom is -0.493 e. The van der Waals surface area contributed by atoms with Gasteiger partial charge in [-0.05, 0) is 43.7 Å². The van der Waals surface area contributed by atoms with Crippen LogP contribution in [0.2, 0.25) is 0 Å². The molecule has 1 fully saturated rings. The molecule has 0 spiro atoms. The van der Waals surface area contributed by atoms with E-state index in [0.29, 0.717) is 0 Å². The Morgan fingerprint density at radius 1 is 1.24 bits per heavy atom. The number of carbonyl (C=O) groups is 4. The van der Waals surface area contributed by atoms with Gasteiger partial charge in [0.1, 0.15) is 11.5 Å². The zero-order chi connectivity index (χ0) is 27.3. The first-order chi connectivity index (χ1) is 17.6. The predicted octanol–water partition coefficient (Wildman–Crippen LogP) is 2.41. The maximum atomic E-state index is 12.8. The van der Waals surface area contributed by atoms with Gasteiger partial charge in [-0.3, -0.25) is 19.8 Å². The standard InChI is InChI=1S/C23H23N3O11/c1-5-35-21(28)12(2)36-19-16(26(31)32)9-13(10-18(19)33-3)8-15-20(27)25(23(30)24-15)11-14-6-7-17(37-14)22(29)34-4/h6-10,12H,5,11H2,1-4H3,(H,24,30)/b15-8-/t12-/m0/s1. The summed E-state index contributed by atoms with van der Waals surface area (Å²) in [5.41, 5.74) is -0.576. The smallest absolute Gasteiger partial charge is 0.373 e. The van der Waals surface area contributed by atoms with Crippen molar-refractivity contribution in [2.75, 3.05) is 20.8 Å². The second-order valence-electron chi connectivity index (χ2n) is 7.48. The third-order valence-corrected chi connectivity index (χ3v) is 5.02. The number of ether oxygens (including phenoxy) is 4. The molecule has 1 aliphatic heterocycles. The number of amides is 3. The molecule has 14 nitrogen and oxygen atoms in total. The van der Waals surface area contributed by atoms with Gasteiger partial charge in [-0.2, -0.15) is 0 Å². The van der Waals surface area contributed by atoms with E-state index in [0.717, 1.165) is 11.0 Å². The van der Waals surface area contributed by atoms with Crippen molar-refractivity contribution in [1.82, 2.24) is 10.2 Å². The van der Waals surface area contributed by atoms with E-state index in [1.165, 1.54) is 45.4 Å². The SMILES string of the molecule is CCOC(=O)[C@H](C)Oc1c(OC)cc(/C=C2\NC(=O)N(Cc3ccc(C(=O)OC)o3)C2=O)cc1[N+](=O)[O-]. The van der Waals surface area contributed by atoms with E-state index in [9.17, 15) is 29.3 Å². The summed E-state index contributed by atoms with van der Waals surface area (Å²) in [6.07, 6.45) is 0.0540. The fourth-order valence-corrected chi connectivity index (χ4v) is 3.29. The number of nitrogens with zero attached hydrogens (tertiary/aromatic N) is 2. The number of furan rings is 1. The van der Waals surface area contributed by atoms with Crippen LogP contribution < -0.4 is 14.8 Å². The summed E-state index contributed by atoms with van der Waals surface area (Å²) < 4.78 is 25.4. The normalized spacial score (nSPS) is 14.8. The number of nitrogens with one attached hydrogen (secondary N) is 1. The fraction of sp³-hybridized carbons (Fsp3) is 0.304. The van der Waals surface area contributed by atoms with Crippen molar-refractivity contribution in [3.8, 4) is 11.5 Å². The van der Waals surface area contributed by atoms with Gasteiger partial charge in [-0.1, -0.05) is 0 Å². The Hall–Kier alpha value is -4.88. The van der Waals surface area contributed by atoms with Gasteiger partial charge in [0.2, 0.25) is 11.5 Å². The highest BCUT2D eigenvalue weighted by Gasteiger charge is 2.35. The second-order valence-corrected chi connectivity index (χ2v) is 7.48. The van der Waals surface area contributed by atoms with Gasteiger partial charge in [-0.15, -0.1) is 0 Å². The average Bonchev–Trinajstić information content (AvgIpc) is 3.44. The van der Waals surface area contributed by atoms with Crippen molar-refractivity contribution in [3.63, 3.8) is 0 Å². The van der Waals surface area contributed by atoms with Crippen LogP contribution in [0.1, 0.15) is 35.7 Å². The molecule has 1 saturated heterocycles. The monoisotopic (exact) mass is 517 g/mol. The summed E-state index contributed by atoms with van der Waals surface area (Å²) in [7, 11) is 2.42. The molecule has 3 amide bonds. The molecule has 0 radical (unpaired) electrons. The van der Waals surface area contributed by atoms with Crippen LogP contribution in [0.15, 0.2) is 34.4 Å². The maximum Gasteiger partial charge on any atom is 0.373 e. The van der Waals surface area contributed by atoms with E-state index >= 15 is 0 Å². The maximum absolute atomic E-state index is 12.8. The molecule has 37 heavy (non-hydrogen) atoms. The lowest BCUT2D eigenvalue weighted by Gasteiger charge is -2.16. The summed E-state index contributed by atoms with van der Waals surface area (Å²) in [6, 6.07) is 4.43. The fourth-order valence-electron chi connectivity index (χ4n) is 3.29. The number of imide groups is 1. The Morgan fingerprint density at radius 3 is 2.59 bits per heavy atom. The molecule has 0 aliphatic carbocycles. The number of hydrogen-bond acceptors (Lipinski definition) is 11. The topological polar surface area (TPSA) is 177 Å². The third kappa shape index (κ3) is 5.86. The molecule has 1 aromatic carbocycles. The molecule has 3 rings (SSSR count). The summed E-state index contributed by atoms with van der Waals surface area (Å²) in [5, 5.41) is 14.1. The molecule has 0 bridgehead atoms. The summed E-state index contributed by atoms with van der Waals surface area (Å²) in [4.78, 5) is 60.5. The molecule has 14 heteroatoms. The Balaban J connectivity index is 1.88. The van der Waals surface area contributed by atoms with Crippen LogP contribution >= 0.6 is 0 Å². The van der Waals surface area contributed by atoms with Crippen molar-refractivity contribution in [1.29, 1.82) is 0 Å². The molecular weight excluding hydrogens is 494 g/mol. The van der Waals surface area contributed by atoms with Gasteiger partial charge in [-0.25, -0.2) is 14.4 Å². The molecule has 196 valence electrons. The highest BCUT2D eigenvalue weighted by atomic mass is 16.6. The molecule has 1 N–H and O–H groups in total. The number of esters is 2. The van der Waals surface area contributed by atoms with Crippen LogP contribution in [-0.2, 0) is 25.6 Å². The predicted molar refractivity (Wildman–Crippen MR) is 123 cm³/mol. The summed E-state index contributed by atoms with van der Waals surface area (Å²) in [5.74, 6) is -2.52. The zero-order valence-electron chi connectivity index (χ0n) is 20.3. The molecule has 2 aromatic rings. The summed E-state index contributed by atoms with van der Waals surface area (Å²) in [6.45, 7) is 2.79. The van der Waals surface area contributed by atoms with E-state index in [1.54, 1.807) is 6.92 Å². The lowest BCUT2D eigenvalue weighted by molar-refractivity contribution is -0.386. The number of nitro benzene ring substituents is 1. The minimum absolute atomic E-state index is 0.0863. The molecule has 2 heterocycles. The quantitative estimate of drug-likeness (QED) is 0.161. The number of carbonyl (C=O) groups excluding carboxylic acids is 4. The van der Waals surface area contributed by atoms with E-state index in [2.05, 4.69) is 10.1 Å². The van der Waals surface area contributed by atoms with E-state index < -0.39 is 40.6 Å². The van der Waals surface area contributed by atoms with Gasteiger partial charge in [0.25, 0.3) is 5.91 Å². The van der Waals surface area contributed by atoms with E-state index in [-0.39, 0.29) is 47.4 Å². The van der Waals surface area contributed by atoms with Crippen LogP contribution in [0.5, 0.6) is 11.5 Å². The van der Waals surface area contributed by atoms with Gasteiger partial charge >= 0.3 is 23.7 Å². The van der Waals surface area contributed by atoms with Crippen molar-refractivity contribution in [2.45, 2.75) is 26.5 Å². The second kappa shape index (κ2) is 11.2. The van der Waals surface area contributed by atoms with E-state index in [1.807, 2.05) is 0 Å². The van der Waals surface area contributed by atoms with Crippen molar-refractivity contribution in [3.05, 3.63) is 57.2 Å². The number of methoxy groups -OCH3 is 2. The Kier molecular flexibility index (Phi) is 8.12.